The SMILES string of the molecule is CCC1CCc2ccccc21.CNc1nc(C)nc(C(C)F)n1. The molecule has 0 amide bonds. The van der Waals surface area contributed by atoms with Gasteiger partial charge in [-0.2, -0.15) is 9.97 Å². The summed E-state index contributed by atoms with van der Waals surface area (Å²) in [7, 11) is 1.68. The number of rotatable bonds is 3. The Morgan fingerprint density at radius 1 is 1.26 bits per heavy atom. The zero-order valence-electron chi connectivity index (χ0n) is 14.3. The van der Waals surface area contributed by atoms with E-state index in [1.807, 2.05) is 0 Å². The second-order valence-electron chi connectivity index (χ2n) is 5.77. The Bertz CT molecular complexity index is 643. The number of hydrogen-bond donors (Lipinski definition) is 1. The first-order valence-corrected chi connectivity index (χ1v) is 8.17. The van der Waals surface area contributed by atoms with Crippen LogP contribution in [0.5, 0.6) is 0 Å². The van der Waals surface area contributed by atoms with Gasteiger partial charge < -0.3 is 5.32 Å². The van der Waals surface area contributed by atoms with Crippen molar-refractivity contribution in [1.82, 2.24) is 15.0 Å². The van der Waals surface area contributed by atoms with E-state index in [1.165, 1.54) is 26.2 Å². The van der Waals surface area contributed by atoms with Crippen LogP contribution in [0.4, 0.5) is 10.3 Å². The predicted molar refractivity (Wildman–Crippen MR) is 91.4 cm³/mol. The van der Waals surface area contributed by atoms with Crippen LogP contribution in [0.25, 0.3) is 0 Å². The number of alkyl halides is 1. The van der Waals surface area contributed by atoms with E-state index < -0.39 is 6.17 Å². The molecule has 1 aliphatic carbocycles. The molecule has 23 heavy (non-hydrogen) atoms. The molecule has 0 bridgehead atoms. The minimum Gasteiger partial charge on any atom is -0.357 e. The molecule has 0 aliphatic heterocycles. The van der Waals surface area contributed by atoms with Crippen LogP contribution in [-0.2, 0) is 6.42 Å². The summed E-state index contributed by atoms with van der Waals surface area (Å²) in [5.41, 5.74) is 3.19. The summed E-state index contributed by atoms with van der Waals surface area (Å²) in [6, 6.07) is 8.87. The molecule has 4 nitrogen and oxygen atoms in total. The largest absolute Gasteiger partial charge is 0.357 e. The molecule has 1 aromatic carbocycles. The second-order valence-corrected chi connectivity index (χ2v) is 5.77. The lowest BCUT2D eigenvalue weighted by Crippen LogP contribution is -2.05. The summed E-state index contributed by atoms with van der Waals surface area (Å²) in [5, 5.41) is 2.73. The Morgan fingerprint density at radius 2 is 2.00 bits per heavy atom. The van der Waals surface area contributed by atoms with Gasteiger partial charge in [-0.15, -0.1) is 0 Å². The Kier molecular flexibility index (Phi) is 6.02. The maximum absolute atomic E-state index is 12.7. The standard InChI is InChI=1S/C11H14.C7H11FN4/c1-2-9-7-8-10-5-3-4-6-11(9)10;1-4(8)6-10-5(2)11-7(9-3)12-6/h3-6,9H,2,7-8H2,1H3;4H,1-3H3,(H,9,10,11,12). The minimum absolute atomic E-state index is 0.173. The highest BCUT2D eigenvalue weighted by atomic mass is 19.1. The topological polar surface area (TPSA) is 50.7 Å². The van der Waals surface area contributed by atoms with Gasteiger partial charge in [0.25, 0.3) is 0 Å². The molecule has 0 radical (unpaired) electrons. The maximum Gasteiger partial charge on any atom is 0.226 e. The van der Waals surface area contributed by atoms with Crippen LogP contribution >= 0.6 is 0 Å². The van der Waals surface area contributed by atoms with Crippen molar-refractivity contribution >= 4 is 5.95 Å². The highest BCUT2D eigenvalue weighted by molar-refractivity contribution is 5.34. The van der Waals surface area contributed by atoms with Gasteiger partial charge in [-0.1, -0.05) is 31.2 Å². The third-order valence-electron chi connectivity index (χ3n) is 4.09. The Labute approximate surface area is 137 Å². The zero-order valence-corrected chi connectivity index (χ0v) is 14.3. The Morgan fingerprint density at radius 3 is 2.65 bits per heavy atom. The Hall–Kier alpha value is -2.04. The van der Waals surface area contributed by atoms with Gasteiger partial charge in [0.15, 0.2) is 12.0 Å². The third-order valence-corrected chi connectivity index (χ3v) is 4.09. The van der Waals surface area contributed by atoms with Crippen molar-refractivity contribution < 1.29 is 4.39 Å². The molecule has 0 spiro atoms. The molecule has 1 heterocycles. The average Bonchev–Trinajstić information content (AvgIpc) is 2.98. The Balaban J connectivity index is 0.000000167. The van der Waals surface area contributed by atoms with Crippen LogP contribution in [0.3, 0.4) is 0 Å². The van der Waals surface area contributed by atoms with E-state index in [-0.39, 0.29) is 5.82 Å². The molecule has 1 aromatic heterocycles. The first-order chi connectivity index (χ1) is 11.0. The lowest BCUT2D eigenvalue weighted by molar-refractivity contribution is 0.355. The average molecular weight is 316 g/mol. The van der Waals surface area contributed by atoms with E-state index in [9.17, 15) is 4.39 Å². The number of aromatic nitrogens is 3. The smallest absolute Gasteiger partial charge is 0.226 e. The first-order valence-electron chi connectivity index (χ1n) is 8.17. The molecule has 0 fully saturated rings. The molecule has 2 unspecified atom stereocenters. The number of fused-ring (bicyclic) bond motifs is 1. The number of aryl methyl sites for hydroxylation is 2. The van der Waals surface area contributed by atoms with Crippen LogP contribution in [0, 0.1) is 6.92 Å². The van der Waals surface area contributed by atoms with Crippen molar-refractivity contribution in [2.45, 2.75) is 52.1 Å². The fourth-order valence-corrected chi connectivity index (χ4v) is 2.86. The van der Waals surface area contributed by atoms with Crippen molar-refractivity contribution in [1.29, 1.82) is 0 Å². The van der Waals surface area contributed by atoms with E-state index in [2.05, 4.69) is 51.5 Å². The quantitative estimate of drug-likeness (QED) is 0.913. The van der Waals surface area contributed by atoms with Crippen LogP contribution in [0.1, 0.15) is 61.6 Å². The number of halogens is 1. The highest BCUT2D eigenvalue weighted by Gasteiger charge is 2.19. The van der Waals surface area contributed by atoms with E-state index in [4.69, 9.17) is 0 Å². The molecule has 0 saturated heterocycles. The fraction of sp³-hybridized carbons (Fsp3) is 0.500. The van der Waals surface area contributed by atoms with Crippen LogP contribution in [0.15, 0.2) is 24.3 Å². The normalized spacial score (nSPS) is 17.0. The maximum atomic E-state index is 12.7. The molecule has 2 aromatic rings. The molecule has 5 heteroatoms. The van der Waals surface area contributed by atoms with Gasteiger partial charge >= 0.3 is 0 Å². The van der Waals surface area contributed by atoms with Crippen LogP contribution in [0.2, 0.25) is 0 Å². The summed E-state index contributed by atoms with van der Waals surface area (Å²) in [5.74, 6) is 1.95. The molecule has 124 valence electrons. The number of benzene rings is 1. The molecular formula is C18H25FN4. The van der Waals surface area contributed by atoms with Crippen LogP contribution in [-0.4, -0.2) is 22.0 Å². The van der Waals surface area contributed by atoms with E-state index >= 15 is 0 Å². The number of nitrogens with zero attached hydrogens (tertiary/aromatic N) is 3. The monoisotopic (exact) mass is 316 g/mol. The lowest BCUT2D eigenvalue weighted by atomic mass is 9.99. The molecule has 0 saturated carbocycles. The summed E-state index contributed by atoms with van der Waals surface area (Å²) < 4.78 is 12.7. The summed E-state index contributed by atoms with van der Waals surface area (Å²) in [4.78, 5) is 11.6. The minimum atomic E-state index is -1.15. The lowest BCUT2D eigenvalue weighted by Gasteiger charge is -2.06. The third kappa shape index (κ3) is 4.47. The highest BCUT2D eigenvalue weighted by Crippen LogP contribution is 2.34. The molecular weight excluding hydrogens is 291 g/mol. The van der Waals surface area contributed by atoms with Gasteiger partial charge in [-0.3, -0.25) is 0 Å². The van der Waals surface area contributed by atoms with Gasteiger partial charge in [0.1, 0.15) is 5.82 Å². The fourth-order valence-electron chi connectivity index (χ4n) is 2.86. The van der Waals surface area contributed by atoms with Gasteiger partial charge in [0.05, 0.1) is 0 Å². The van der Waals surface area contributed by atoms with E-state index in [0.717, 1.165) is 5.92 Å². The van der Waals surface area contributed by atoms with Crippen LogP contribution < -0.4 is 5.32 Å². The van der Waals surface area contributed by atoms with E-state index in [1.54, 1.807) is 25.1 Å². The number of anilines is 1. The molecule has 1 aliphatic rings. The predicted octanol–water partition coefficient (Wildman–Crippen LogP) is 4.38. The van der Waals surface area contributed by atoms with Crippen molar-refractivity contribution in [3.63, 3.8) is 0 Å². The zero-order chi connectivity index (χ0) is 16.8. The second kappa shape index (κ2) is 7.99. The van der Waals surface area contributed by atoms with Crippen molar-refractivity contribution in [3.8, 4) is 0 Å². The van der Waals surface area contributed by atoms with E-state index in [0.29, 0.717) is 11.8 Å². The first kappa shape index (κ1) is 17.3. The van der Waals surface area contributed by atoms with Gasteiger partial charge in [-0.25, -0.2) is 9.37 Å². The van der Waals surface area contributed by atoms with Gasteiger partial charge in [-0.05, 0) is 50.2 Å². The van der Waals surface area contributed by atoms with Gasteiger partial charge in [0.2, 0.25) is 5.95 Å². The van der Waals surface area contributed by atoms with Crippen molar-refractivity contribution in [3.05, 3.63) is 47.0 Å². The molecule has 1 N–H and O–H groups in total. The molecule has 3 rings (SSSR count). The number of hydrogen-bond acceptors (Lipinski definition) is 4. The number of nitrogens with one attached hydrogen (secondary N) is 1. The van der Waals surface area contributed by atoms with Crippen molar-refractivity contribution in [2.75, 3.05) is 12.4 Å². The molecule has 2 atom stereocenters. The van der Waals surface area contributed by atoms with Gasteiger partial charge in [0, 0.05) is 7.05 Å². The summed E-state index contributed by atoms with van der Waals surface area (Å²) in [6.45, 7) is 5.38. The summed E-state index contributed by atoms with van der Waals surface area (Å²) in [6.07, 6.45) is 2.82. The van der Waals surface area contributed by atoms with Crippen molar-refractivity contribution in [2.24, 2.45) is 0 Å². The summed E-state index contributed by atoms with van der Waals surface area (Å²) >= 11 is 0.